The van der Waals surface area contributed by atoms with Gasteiger partial charge in [0.25, 0.3) is 0 Å². The summed E-state index contributed by atoms with van der Waals surface area (Å²) in [5.74, 6) is 0.876. The first kappa shape index (κ1) is 23.7. The standard InChI is InChI=1S/C25H30N4O4Si/c1-31-25(30)17-28-12-10-19-15-21(6-7-22(19)28)33-24-8-5-20(16-26-24)23-9-11-27-29(23)18-32-13-14-34(2,3)4/h5-12,15-16H,13-14,17-18H2,1-4H3. The third kappa shape index (κ3) is 5.92. The number of esters is 1. The van der Waals surface area contributed by atoms with Gasteiger partial charge in [0.1, 0.15) is 19.0 Å². The van der Waals surface area contributed by atoms with Crippen molar-refractivity contribution in [3.05, 3.63) is 61.1 Å². The topological polar surface area (TPSA) is 80.4 Å². The van der Waals surface area contributed by atoms with Crippen molar-refractivity contribution in [3.8, 4) is 22.9 Å². The molecule has 0 N–H and O–H groups in total. The Morgan fingerprint density at radius 2 is 1.94 bits per heavy atom. The van der Waals surface area contributed by atoms with Gasteiger partial charge in [0.05, 0.1) is 12.8 Å². The zero-order valence-electron chi connectivity index (χ0n) is 20.0. The smallest absolute Gasteiger partial charge is 0.325 e. The van der Waals surface area contributed by atoms with Crippen molar-refractivity contribution in [3.63, 3.8) is 0 Å². The molecule has 0 saturated carbocycles. The van der Waals surface area contributed by atoms with Crippen LogP contribution < -0.4 is 4.74 Å². The SMILES string of the molecule is COC(=O)Cn1ccc2cc(Oc3ccc(-c4ccnn4COCC[Si](C)(C)C)cn3)ccc21. The van der Waals surface area contributed by atoms with Gasteiger partial charge in [-0.1, -0.05) is 19.6 Å². The van der Waals surface area contributed by atoms with E-state index in [1.165, 1.54) is 7.11 Å². The second-order valence-electron chi connectivity index (χ2n) is 9.29. The maximum atomic E-state index is 11.6. The normalized spacial score (nSPS) is 11.6. The molecule has 0 fully saturated rings. The molecule has 0 aliphatic carbocycles. The number of nitrogens with zero attached hydrogens (tertiary/aromatic N) is 4. The lowest BCUT2D eigenvalue weighted by Gasteiger charge is -2.16. The zero-order chi connectivity index (χ0) is 24.1. The number of rotatable bonds is 10. The molecule has 0 saturated heterocycles. The van der Waals surface area contributed by atoms with Crippen LogP contribution in [0.3, 0.4) is 0 Å². The maximum Gasteiger partial charge on any atom is 0.325 e. The van der Waals surface area contributed by atoms with Crippen LogP contribution in [0.15, 0.2) is 61.1 Å². The van der Waals surface area contributed by atoms with Gasteiger partial charge < -0.3 is 18.8 Å². The Morgan fingerprint density at radius 3 is 2.68 bits per heavy atom. The van der Waals surface area contributed by atoms with Gasteiger partial charge >= 0.3 is 5.97 Å². The van der Waals surface area contributed by atoms with Crippen LogP contribution >= 0.6 is 0 Å². The highest BCUT2D eigenvalue weighted by atomic mass is 28.3. The van der Waals surface area contributed by atoms with Crippen LogP contribution in [0.2, 0.25) is 25.7 Å². The lowest BCUT2D eigenvalue weighted by Crippen LogP contribution is -2.22. The van der Waals surface area contributed by atoms with Crippen LogP contribution in [0.25, 0.3) is 22.2 Å². The van der Waals surface area contributed by atoms with E-state index in [1.807, 2.05) is 57.9 Å². The number of aromatic nitrogens is 4. The van der Waals surface area contributed by atoms with Crippen molar-refractivity contribution in [2.24, 2.45) is 0 Å². The summed E-state index contributed by atoms with van der Waals surface area (Å²) in [5.41, 5.74) is 2.82. The highest BCUT2D eigenvalue weighted by Gasteiger charge is 2.13. The molecule has 4 rings (SSSR count). The number of hydrogen-bond donors (Lipinski definition) is 0. The fraction of sp³-hybridized carbons (Fsp3) is 0.320. The monoisotopic (exact) mass is 478 g/mol. The van der Waals surface area contributed by atoms with E-state index in [0.29, 0.717) is 18.4 Å². The zero-order valence-corrected chi connectivity index (χ0v) is 21.0. The molecule has 3 heterocycles. The Kier molecular flexibility index (Phi) is 7.14. The van der Waals surface area contributed by atoms with Gasteiger partial charge in [0.15, 0.2) is 0 Å². The average molecular weight is 479 g/mol. The molecule has 0 aliphatic heterocycles. The number of benzene rings is 1. The van der Waals surface area contributed by atoms with Crippen LogP contribution in [0.4, 0.5) is 0 Å². The largest absolute Gasteiger partial charge is 0.468 e. The van der Waals surface area contributed by atoms with Crippen LogP contribution in [0.1, 0.15) is 0 Å². The minimum atomic E-state index is -1.12. The second kappa shape index (κ2) is 10.2. The van der Waals surface area contributed by atoms with Gasteiger partial charge in [0.2, 0.25) is 5.88 Å². The summed E-state index contributed by atoms with van der Waals surface area (Å²) in [6.07, 6.45) is 5.40. The first-order valence-electron chi connectivity index (χ1n) is 11.2. The fourth-order valence-electron chi connectivity index (χ4n) is 3.51. The fourth-order valence-corrected chi connectivity index (χ4v) is 4.26. The van der Waals surface area contributed by atoms with Gasteiger partial charge in [-0.25, -0.2) is 9.67 Å². The molecule has 0 bridgehead atoms. The number of methoxy groups -OCH3 is 1. The number of pyridine rings is 1. The molecular formula is C25H30N4O4Si. The first-order valence-corrected chi connectivity index (χ1v) is 14.9. The molecule has 0 radical (unpaired) electrons. The van der Waals surface area contributed by atoms with Crippen molar-refractivity contribution in [2.75, 3.05) is 13.7 Å². The molecular weight excluding hydrogens is 448 g/mol. The summed E-state index contributed by atoms with van der Waals surface area (Å²) in [6, 6.07) is 14.5. The minimum absolute atomic E-state index is 0.170. The van der Waals surface area contributed by atoms with Crippen molar-refractivity contribution < 1.29 is 19.0 Å². The number of fused-ring (bicyclic) bond motifs is 1. The minimum Gasteiger partial charge on any atom is -0.468 e. The Hall–Kier alpha value is -3.43. The van der Waals surface area contributed by atoms with Crippen molar-refractivity contribution in [1.29, 1.82) is 0 Å². The Bertz CT molecular complexity index is 1260. The molecule has 178 valence electrons. The predicted octanol–water partition coefficient (Wildman–Crippen LogP) is 5.18. The van der Waals surface area contributed by atoms with Crippen LogP contribution in [-0.4, -0.2) is 47.1 Å². The molecule has 3 aromatic heterocycles. The molecule has 0 aliphatic rings. The van der Waals surface area contributed by atoms with Crippen molar-refractivity contribution >= 4 is 24.9 Å². The summed E-state index contributed by atoms with van der Waals surface area (Å²) in [7, 11) is 0.268. The average Bonchev–Trinajstić information content (AvgIpc) is 3.43. The summed E-state index contributed by atoms with van der Waals surface area (Å²) >= 11 is 0. The van der Waals surface area contributed by atoms with Gasteiger partial charge in [-0.05, 0) is 42.4 Å². The molecule has 34 heavy (non-hydrogen) atoms. The highest BCUT2D eigenvalue weighted by molar-refractivity contribution is 6.76. The van der Waals surface area contributed by atoms with Crippen molar-refractivity contribution in [2.45, 2.75) is 39.0 Å². The van der Waals surface area contributed by atoms with E-state index >= 15 is 0 Å². The lowest BCUT2D eigenvalue weighted by atomic mass is 10.2. The van der Waals surface area contributed by atoms with E-state index in [1.54, 1.807) is 12.4 Å². The predicted molar refractivity (Wildman–Crippen MR) is 134 cm³/mol. The molecule has 0 spiro atoms. The molecule has 1 aromatic carbocycles. The van der Waals surface area contributed by atoms with Gasteiger partial charge in [-0.15, -0.1) is 0 Å². The van der Waals surface area contributed by atoms with E-state index in [4.69, 9.17) is 14.2 Å². The van der Waals surface area contributed by atoms with E-state index in [2.05, 4.69) is 29.7 Å². The highest BCUT2D eigenvalue weighted by Crippen LogP contribution is 2.27. The van der Waals surface area contributed by atoms with Crippen LogP contribution in [0, 0.1) is 0 Å². The molecule has 0 amide bonds. The number of carbonyl (C=O) groups is 1. The molecule has 0 atom stereocenters. The van der Waals surface area contributed by atoms with E-state index in [0.717, 1.165) is 34.8 Å². The van der Waals surface area contributed by atoms with Crippen LogP contribution in [0.5, 0.6) is 11.6 Å². The van der Waals surface area contributed by atoms with Gasteiger partial charge in [-0.3, -0.25) is 4.79 Å². The van der Waals surface area contributed by atoms with E-state index < -0.39 is 8.07 Å². The summed E-state index contributed by atoms with van der Waals surface area (Å²) in [6.45, 7) is 8.35. The van der Waals surface area contributed by atoms with Gasteiger partial charge in [-0.2, -0.15) is 5.10 Å². The third-order valence-corrected chi connectivity index (χ3v) is 7.15. The Morgan fingerprint density at radius 1 is 1.09 bits per heavy atom. The third-order valence-electron chi connectivity index (χ3n) is 5.45. The lowest BCUT2D eigenvalue weighted by molar-refractivity contribution is -0.141. The second-order valence-corrected chi connectivity index (χ2v) is 14.9. The molecule has 0 unspecified atom stereocenters. The summed E-state index contributed by atoms with van der Waals surface area (Å²) < 4.78 is 20.2. The van der Waals surface area contributed by atoms with Crippen LogP contribution in [-0.2, 0) is 27.5 Å². The first-order chi connectivity index (χ1) is 16.3. The quantitative estimate of drug-likeness (QED) is 0.178. The van der Waals surface area contributed by atoms with Crippen molar-refractivity contribution in [1.82, 2.24) is 19.3 Å². The number of ether oxygens (including phenoxy) is 3. The summed E-state index contributed by atoms with van der Waals surface area (Å²) in [4.78, 5) is 16.0. The molecule has 9 heteroatoms. The maximum absolute atomic E-state index is 11.6. The number of hydrogen-bond acceptors (Lipinski definition) is 6. The van der Waals surface area contributed by atoms with Gasteiger partial charge in [0, 0.05) is 55.8 Å². The Labute approximate surface area is 200 Å². The Balaban J connectivity index is 1.40. The molecule has 4 aromatic rings. The van der Waals surface area contributed by atoms with E-state index in [9.17, 15) is 4.79 Å². The molecule has 8 nitrogen and oxygen atoms in total. The van der Waals surface area contributed by atoms with E-state index in [-0.39, 0.29) is 12.5 Å². The summed E-state index contributed by atoms with van der Waals surface area (Å²) in [5, 5.41) is 5.35. The number of carbonyl (C=O) groups excluding carboxylic acids is 1.